The number of hydrogen-bond acceptors (Lipinski definition) is 6. The molecular weight excluding hydrogens is 350 g/mol. The Bertz CT molecular complexity index is 645. The first-order valence-corrected chi connectivity index (χ1v) is 9.41. The van der Waals surface area contributed by atoms with Crippen LogP contribution in [0.1, 0.15) is 67.2 Å². The quantitative estimate of drug-likeness (QED) is 0.701. The normalized spacial score (nSPS) is 15.1. The lowest BCUT2D eigenvalue weighted by atomic mass is 10.1. The predicted octanol–water partition coefficient (Wildman–Crippen LogP) is 2.87. The summed E-state index contributed by atoms with van der Waals surface area (Å²) in [6.07, 6.45) is 3.42. The Kier molecular flexibility index (Phi) is 7.64. The van der Waals surface area contributed by atoms with E-state index in [1.54, 1.807) is 20.8 Å². The van der Waals surface area contributed by atoms with Crippen molar-refractivity contribution >= 4 is 17.8 Å². The van der Waals surface area contributed by atoms with Crippen molar-refractivity contribution in [1.82, 2.24) is 5.32 Å². The zero-order valence-electron chi connectivity index (χ0n) is 16.1. The molecule has 0 saturated heterocycles. The summed E-state index contributed by atoms with van der Waals surface area (Å²) in [6.45, 7) is 5.43. The topological polar surface area (TPSA) is 90.9 Å². The highest BCUT2D eigenvalue weighted by Crippen LogP contribution is 2.21. The fraction of sp³-hybridized carbons (Fsp3) is 0.550. The van der Waals surface area contributed by atoms with E-state index < -0.39 is 18.0 Å². The number of benzene rings is 1. The van der Waals surface area contributed by atoms with Gasteiger partial charge in [-0.1, -0.05) is 12.8 Å². The van der Waals surface area contributed by atoms with E-state index in [-0.39, 0.29) is 42.0 Å². The summed E-state index contributed by atoms with van der Waals surface area (Å²) in [5, 5.41) is 2.97. The van der Waals surface area contributed by atoms with Gasteiger partial charge in [-0.3, -0.25) is 4.79 Å². The van der Waals surface area contributed by atoms with Gasteiger partial charge in [0.1, 0.15) is 5.75 Å². The fourth-order valence-corrected chi connectivity index (χ4v) is 2.98. The molecule has 1 saturated carbocycles. The van der Waals surface area contributed by atoms with Gasteiger partial charge in [0.2, 0.25) is 0 Å². The van der Waals surface area contributed by atoms with Gasteiger partial charge in [0.05, 0.1) is 24.3 Å². The van der Waals surface area contributed by atoms with Crippen LogP contribution in [0.4, 0.5) is 0 Å². The van der Waals surface area contributed by atoms with Crippen LogP contribution in [0.2, 0.25) is 0 Å². The summed E-state index contributed by atoms with van der Waals surface area (Å²) < 4.78 is 15.7. The molecule has 148 valence electrons. The van der Waals surface area contributed by atoms with Crippen LogP contribution in [0.3, 0.4) is 0 Å². The molecule has 1 aromatic rings. The molecule has 7 nitrogen and oxygen atoms in total. The largest absolute Gasteiger partial charge is 0.481 e. The molecule has 0 bridgehead atoms. The minimum Gasteiger partial charge on any atom is -0.481 e. The lowest BCUT2D eigenvalue weighted by molar-refractivity contribution is -0.127. The maximum Gasteiger partial charge on any atom is 0.338 e. The van der Waals surface area contributed by atoms with Crippen LogP contribution in [0, 0.1) is 0 Å². The van der Waals surface area contributed by atoms with Crippen LogP contribution >= 0.6 is 0 Å². The van der Waals surface area contributed by atoms with Crippen LogP contribution in [0.5, 0.6) is 5.75 Å². The van der Waals surface area contributed by atoms with Crippen molar-refractivity contribution in [2.75, 3.05) is 13.2 Å². The van der Waals surface area contributed by atoms with Crippen LogP contribution in [0.25, 0.3) is 0 Å². The Balaban J connectivity index is 2.16. The summed E-state index contributed by atoms with van der Waals surface area (Å²) in [7, 11) is 0. The third-order valence-electron chi connectivity index (χ3n) is 4.31. The van der Waals surface area contributed by atoms with Crippen molar-refractivity contribution in [3.8, 4) is 5.75 Å². The van der Waals surface area contributed by atoms with Crippen molar-refractivity contribution in [2.24, 2.45) is 0 Å². The third kappa shape index (κ3) is 5.98. The van der Waals surface area contributed by atoms with Crippen LogP contribution in [-0.4, -0.2) is 43.2 Å². The lowest BCUT2D eigenvalue weighted by Gasteiger charge is -2.18. The summed E-state index contributed by atoms with van der Waals surface area (Å²) >= 11 is 0. The Morgan fingerprint density at radius 2 is 1.52 bits per heavy atom. The Hall–Kier alpha value is -2.57. The van der Waals surface area contributed by atoms with Gasteiger partial charge in [-0.05, 0) is 51.8 Å². The van der Waals surface area contributed by atoms with E-state index in [0.29, 0.717) is 0 Å². The fourth-order valence-electron chi connectivity index (χ4n) is 2.98. The van der Waals surface area contributed by atoms with E-state index in [0.717, 1.165) is 25.7 Å². The molecule has 0 aromatic heterocycles. The van der Waals surface area contributed by atoms with Gasteiger partial charge in [0.25, 0.3) is 5.91 Å². The van der Waals surface area contributed by atoms with E-state index in [1.807, 2.05) is 0 Å². The van der Waals surface area contributed by atoms with Gasteiger partial charge in [0, 0.05) is 6.04 Å². The van der Waals surface area contributed by atoms with Crippen molar-refractivity contribution in [3.05, 3.63) is 29.3 Å². The Morgan fingerprint density at radius 3 is 2.00 bits per heavy atom. The number of nitrogens with one attached hydrogen (secondary N) is 1. The van der Waals surface area contributed by atoms with Gasteiger partial charge >= 0.3 is 11.9 Å². The number of ether oxygens (including phenoxy) is 3. The molecule has 1 aliphatic rings. The van der Waals surface area contributed by atoms with E-state index in [2.05, 4.69) is 5.32 Å². The van der Waals surface area contributed by atoms with E-state index in [9.17, 15) is 14.4 Å². The monoisotopic (exact) mass is 377 g/mol. The standard InChI is InChI=1S/C20H27NO6/c1-4-25-19(23)14-10-15(20(24)26-5-2)12-17(11-14)27-13(3)18(22)21-16-8-6-7-9-16/h10-13,16H,4-9H2,1-3H3,(H,21,22). The second-order valence-corrected chi connectivity index (χ2v) is 6.44. The molecule has 1 amide bonds. The number of esters is 2. The molecule has 7 heteroatoms. The molecule has 2 rings (SSSR count). The smallest absolute Gasteiger partial charge is 0.338 e. The number of hydrogen-bond donors (Lipinski definition) is 1. The molecule has 27 heavy (non-hydrogen) atoms. The molecule has 1 N–H and O–H groups in total. The lowest BCUT2D eigenvalue weighted by Crippen LogP contribution is -2.41. The number of rotatable bonds is 8. The molecule has 1 aromatic carbocycles. The number of carbonyl (C=O) groups excluding carboxylic acids is 3. The van der Waals surface area contributed by atoms with Crippen molar-refractivity contribution < 1.29 is 28.6 Å². The third-order valence-corrected chi connectivity index (χ3v) is 4.31. The molecule has 1 fully saturated rings. The minimum atomic E-state index is -0.766. The second-order valence-electron chi connectivity index (χ2n) is 6.44. The van der Waals surface area contributed by atoms with Gasteiger partial charge in [-0.2, -0.15) is 0 Å². The highest BCUT2D eigenvalue weighted by atomic mass is 16.5. The number of carbonyl (C=O) groups is 3. The molecule has 0 heterocycles. The van der Waals surface area contributed by atoms with Gasteiger partial charge in [-0.15, -0.1) is 0 Å². The SMILES string of the molecule is CCOC(=O)c1cc(OC(C)C(=O)NC2CCCC2)cc(C(=O)OCC)c1. The molecule has 1 unspecified atom stereocenters. The van der Waals surface area contributed by atoms with Crippen LogP contribution in [-0.2, 0) is 14.3 Å². The summed E-state index contributed by atoms with van der Waals surface area (Å²) in [5.41, 5.74) is 0.335. The van der Waals surface area contributed by atoms with E-state index in [1.165, 1.54) is 18.2 Å². The molecular formula is C20H27NO6. The summed E-state index contributed by atoms with van der Waals surface area (Å²) in [5.74, 6) is -1.13. The highest BCUT2D eigenvalue weighted by molar-refractivity contribution is 5.96. The second kappa shape index (κ2) is 9.94. The molecule has 1 atom stereocenters. The van der Waals surface area contributed by atoms with Gasteiger partial charge < -0.3 is 19.5 Å². The zero-order valence-corrected chi connectivity index (χ0v) is 16.1. The molecule has 0 radical (unpaired) electrons. The first-order chi connectivity index (χ1) is 12.9. The number of amides is 1. The van der Waals surface area contributed by atoms with E-state index in [4.69, 9.17) is 14.2 Å². The van der Waals surface area contributed by atoms with Crippen molar-refractivity contribution in [2.45, 2.75) is 58.6 Å². The first kappa shape index (κ1) is 20.7. The van der Waals surface area contributed by atoms with Crippen molar-refractivity contribution in [3.63, 3.8) is 0 Å². The predicted molar refractivity (Wildman–Crippen MR) is 98.8 cm³/mol. The first-order valence-electron chi connectivity index (χ1n) is 9.41. The molecule has 0 aliphatic heterocycles. The minimum absolute atomic E-state index is 0.167. The average molecular weight is 377 g/mol. The molecule has 1 aliphatic carbocycles. The average Bonchev–Trinajstić information content (AvgIpc) is 3.14. The Labute approximate surface area is 159 Å². The maximum absolute atomic E-state index is 12.3. The van der Waals surface area contributed by atoms with E-state index >= 15 is 0 Å². The van der Waals surface area contributed by atoms with Crippen molar-refractivity contribution in [1.29, 1.82) is 0 Å². The molecule has 0 spiro atoms. The zero-order chi connectivity index (χ0) is 19.8. The van der Waals surface area contributed by atoms with Gasteiger partial charge in [0.15, 0.2) is 6.10 Å². The summed E-state index contributed by atoms with van der Waals surface area (Å²) in [4.78, 5) is 36.5. The Morgan fingerprint density at radius 1 is 1.00 bits per heavy atom. The van der Waals surface area contributed by atoms with Crippen LogP contribution < -0.4 is 10.1 Å². The summed E-state index contributed by atoms with van der Waals surface area (Å²) in [6, 6.07) is 4.50. The highest BCUT2D eigenvalue weighted by Gasteiger charge is 2.23. The van der Waals surface area contributed by atoms with Gasteiger partial charge in [-0.25, -0.2) is 9.59 Å². The maximum atomic E-state index is 12.3. The van der Waals surface area contributed by atoms with Crippen LogP contribution in [0.15, 0.2) is 18.2 Å².